The average molecular weight is 689 g/mol. The highest BCUT2D eigenvalue weighted by Gasteiger charge is 2.07. The standard InChI is InChI=1S/C38H78N4O2S2/c1-5-7-9-11-13-15-17-19-21-23-31-41(3)33-25-27-37(43)39-29-35-45-46-36-30-40-38(44)28-26-34-42(4)32-24-22-20-18-16-14-12-10-8-6-2/h5-36H2,1-4H3,(H,39,43)(H,40,44)/p+2. The second-order valence-corrected chi connectivity index (χ2v) is 16.5. The van der Waals surface area contributed by atoms with Gasteiger partial charge in [-0.05, 0) is 25.7 Å². The quantitative estimate of drug-likeness (QED) is 0.0418. The average Bonchev–Trinajstić information content (AvgIpc) is 3.04. The molecule has 0 rings (SSSR count). The van der Waals surface area contributed by atoms with E-state index in [0.29, 0.717) is 12.8 Å². The first-order valence-electron chi connectivity index (χ1n) is 19.9. The van der Waals surface area contributed by atoms with Crippen LogP contribution in [0.1, 0.15) is 168 Å². The molecule has 0 aromatic carbocycles. The molecule has 0 saturated carbocycles. The molecule has 0 fully saturated rings. The van der Waals surface area contributed by atoms with Crippen molar-refractivity contribution in [2.24, 2.45) is 0 Å². The number of amides is 2. The monoisotopic (exact) mass is 689 g/mol. The Morgan fingerprint density at radius 3 is 1.04 bits per heavy atom. The Labute approximate surface area is 295 Å². The van der Waals surface area contributed by atoms with Gasteiger partial charge in [-0.2, -0.15) is 0 Å². The maximum atomic E-state index is 12.2. The molecule has 0 aromatic heterocycles. The van der Waals surface area contributed by atoms with E-state index in [-0.39, 0.29) is 11.8 Å². The zero-order chi connectivity index (χ0) is 33.8. The van der Waals surface area contributed by atoms with Gasteiger partial charge in [0, 0.05) is 50.3 Å². The van der Waals surface area contributed by atoms with Gasteiger partial charge in [-0.3, -0.25) is 9.59 Å². The Morgan fingerprint density at radius 1 is 0.435 bits per heavy atom. The summed E-state index contributed by atoms with van der Waals surface area (Å²) in [6, 6.07) is 0. The van der Waals surface area contributed by atoms with Gasteiger partial charge in [-0.25, -0.2) is 0 Å². The lowest BCUT2D eigenvalue weighted by Crippen LogP contribution is -3.09. The molecule has 0 aliphatic rings. The van der Waals surface area contributed by atoms with Crippen molar-refractivity contribution in [3.8, 4) is 0 Å². The van der Waals surface area contributed by atoms with Crippen molar-refractivity contribution >= 4 is 33.4 Å². The van der Waals surface area contributed by atoms with Crippen LogP contribution in [0.15, 0.2) is 0 Å². The predicted octanol–water partition coefficient (Wildman–Crippen LogP) is 7.03. The van der Waals surface area contributed by atoms with Gasteiger partial charge in [0.2, 0.25) is 11.8 Å². The Hall–Kier alpha value is -0.440. The maximum Gasteiger partial charge on any atom is 0.220 e. The number of hydrogen-bond acceptors (Lipinski definition) is 4. The van der Waals surface area contributed by atoms with Crippen LogP contribution in [0.4, 0.5) is 0 Å². The molecular weight excluding hydrogens is 609 g/mol. The fourth-order valence-electron chi connectivity index (χ4n) is 5.94. The van der Waals surface area contributed by atoms with Gasteiger partial charge >= 0.3 is 0 Å². The van der Waals surface area contributed by atoms with Gasteiger partial charge in [0.25, 0.3) is 0 Å². The van der Waals surface area contributed by atoms with Gasteiger partial charge in [0.15, 0.2) is 0 Å². The lowest BCUT2D eigenvalue weighted by atomic mass is 10.1. The first-order chi connectivity index (χ1) is 22.5. The highest BCUT2D eigenvalue weighted by molar-refractivity contribution is 8.76. The lowest BCUT2D eigenvalue weighted by molar-refractivity contribution is -0.880. The fraction of sp³-hybridized carbons (Fsp3) is 0.947. The van der Waals surface area contributed by atoms with E-state index in [9.17, 15) is 9.59 Å². The molecule has 0 radical (unpaired) electrons. The molecule has 4 N–H and O–H groups in total. The van der Waals surface area contributed by atoms with Crippen LogP contribution in [0.2, 0.25) is 0 Å². The Bertz CT molecular complexity index is 602. The minimum absolute atomic E-state index is 0.181. The molecule has 0 aromatic rings. The molecule has 0 saturated heterocycles. The molecule has 0 aliphatic heterocycles. The molecule has 2 atom stereocenters. The van der Waals surface area contributed by atoms with E-state index in [1.165, 1.54) is 142 Å². The molecule has 0 aliphatic carbocycles. The molecule has 0 bridgehead atoms. The maximum absolute atomic E-state index is 12.2. The molecule has 274 valence electrons. The van der Waals surface area contributed by atoms with Crippen LogP contribution in [-0.2, 0) is 9.59 Å². The molecule has 0 spiro atoms. The summed E-state index contributed by atoms with van der Waals surface area (Å²) in [6.07, 6.45) is 30.9. The largest absolute Gasteiger partial charge is 0.355 e. The van der Waals surface area contributed by atoms with E-state index in [2.05, 4.69) is 38.6 Å². The van der Waals surface area contributed by atoms with Crippen LogP contribution < -0.4 is 20.4 Å². The fourth-order valence-corrected chi connectivity index (χ4v) is 7.75. The van der Waals surface area contributed by atoms with Crippen molar-refractivity contribution in [3.63, 3.8) is 0 Å². The highest BCUT2D eigenvalue weighted by atomic mass is 33.1. The van der Waals surface area contributed by atoms with E-state index in [4.69, 9.17) is 0 Å². The van der Waals surface area contributed by atoms with Crippen molar-refractivity contribution in [2.45, 2.75) is 168 Å². The van der Waals surface area contributed by atoms with E-state index in [1.807, 2.05) is 0 Å². The summed E-state index contributed by atoms with van der Waals surface area (Å²) in [5.41, 5.74) is 0. The molecular formula is C38H80N4O2S2+2. The smallest absolute Gasteiger partial charge is 0.220 e. The van der Waals surface area contributed by atoms with Gasteiger partial charge in [0.05, 0.1) is 40.3 Å². The first-order valence-corrected chi connectivity index (χ1v) is 22.4. The second kappa shape index (κ2) is 37.4. The minimum atomic E-state index is 0.181. The summed E-state index contributed by atoms with van der Waals surface area (Å²) in [7, 11) is 8.09. The van der Waals surface area contributed by atoms with Crippen LogP contribution in [0.25, 0.3) is 0 Å². The predicted molar refractivity (Wildman–Crippen MR) is 206 cm³/mol. The van der Waals surface area contributed by atoms with Crippen molar-refractivity contribution < 1.29 is 19.4 Å². The van der Waals surface area contributed by atoms with Crippen LogP contribution in [0.5, 0.6) is 0 Å². The van der Waals surface area contributed by atoms with E-state index >= 15 is 0 Å². The Kier molecular flexibility index (Phi) is 37.0. The summed E-state index contributed by atoms with van der Waals surface area (Å²) in [5.74, 6) is 2.17. The third-order valence-electron chi connectivity index (χ3n) is 9.03. The van der Waals surface area contributed by atoms with Crippen molar-refractivity contribution in [1.82, 2.24) is 10.6 Å². The van der Waals surface area contributed by atoms with Gasteiger partial charge in [-0.15, -0.1) is 0 Å². The normalized spacial score (nSPS) is 12.7. The van der Waals surface area contributed by atoms with Crippen molar-refractivity contribution in [2.75, 3.05) is 64.9 Å². The topological polar surface area (TPSA) is 67.1 Å². The number of unbranched alkanes of at least 4 members (excludes halogenated alkanes) is 18. The van der Waals surface area contributed by atoms with Gasteiger partial charge < -0.3 is 20.4 Å². The molecule has 2 unspecified atom stereocenters. The number of nitrogens with one attached hydrogen (secondary N) is 4. The van der Waals surface area contributed by atoms with Crippen molar-refractivity contribution in [3.05, 3.63) is 0 Å². The first kappa shape index (κ1) is 45.6. The molecule has 46 heavy (non-hydrogen) atoms. The molecule has 2 amide bonds. The number of quaternary nitrogens is 2. The third kappa shape index (κ3) is 36.4. The van der Waals surface area contributed by atoms with Crippen LogP contribution in [0.3, 0.4) is 0 Å². The number of hydrogen-bond donors (Lipinski definition) is 4. The van der Waals surface area contributed by atoms with Gasteiger partial charge in [0.1, 0.15) is 0 Å². The van der Waals surface area contributed by atoms with Crippen LogP contribution >= 0.6 is 21.6 Å². The summed E-state index contributed by atoms with van der Waals surface area (Å²) in [5, 5.41) is 6.13. The summed E-state index contributed by atoms with van der Waals surface area (Å²) < 4.78 is 0. The highest BCUT2D eigenvalue weighted by Crippen LogP contribution is 2.19. The summed E-state index contributed by atoms with van der Waals surface area (Å²) in [6.45, 7) is 10.6. The Balaban J connectivity index is 3.41. The zero-order valence-electron chi connectivity index (χ0n) is 31.3. The Morgan fingerprint density at radius 2 is 0.717 bits per heavy atom. The number of carbonyl (C=O) groups excluding carboxylic acids is 2. The number of rotatable bonds is 37. The van der Waals surface area contributed by atoms with Crippen molar-refractivity contribution in [1.29, 1.82) is 0 Å². The van der Waals surface area contributed by atoms with Crippen LogP contribution in [0, 0.1) is 0 Å². The van der Waals surface area contributed by atoms with Crippen LogP contribution in [-0.4, -0.2) is 76.7 Å². The van der Waals surface area contributed by atoms with E-state index in [0.717, 1.165) is 50.5 Å². The molecule has 6 nitrogen and oxygen atoms in total. The zero-order valence-corrected chi connectivity index (χ0v) is 32.9. The summed E-state index contributed by atoms with van der Waals surface area (Å²) >= 11 is 0. The number of carbonyl (C=O) groups is 2. The van der Waals surface area contributed by atoms with E-state index in [1.54, 1.807) is 31.4 Å². The summed E-state index contributed by atoms with van der Waals surface area (Å²) in [4.78, 5) is 27.4. The SMILES string of the molecule is CCCCCCCCCCCC[NH+](C)CCCC(=O)NCCSSCCNC(=O)CCC[NH+](C)CCCCCCCCCCCC. The van der Waals surface area contributed by atoms with Gasteiger partial charge in [-0.1, -0.05) is 138 Å². The molecule has 8 heteroatoms. The third-order valence-corrected chi connectivity index (χ3v) is 11.4. The minimum Gasteiger partial charge on any atom is -0.355 e. The second-order valence-electron chi connectivity index (χ2n) is 13.8. The van der Waals surface area contributed by atoms with E-state index < -0.39 is 0 Å². The lowest BCUT2D eigenvalue weighted by Gasteiger charge is -2.14. The molecule has 0 heterocycles.